The lowest BCUT2D eigenvalue weighted by Crippen LogP contribution is -2.40. The molecule has 0 radical (unpaired) electrons. The zero-order chi connectivity index (χ0) is 11.5. The van der Waals surface area contributed by atoms with Crippen molar-refractivity contribution in [3.8, 4) is 0 Å². The molecule has 2 rings (SSSR count). The van der Waals surface area contributed by atoms with Crippen molar-refractivity contribution in [1.29, 1.82) is 0 Å². The van der Waals surface area contributed by atoms with Gasteiger partial charge >= 0.3 is 0 Å². The summed E-state index contributed by atoms with van der Waals surface area (Å²) in [7, 11) is 1.70. The lowest BCUT2D eigenvalue weighted by Gasteiger charge is -2.29. The molecule has 0 saturated carbocycles. The van der Waals surface area contributed by atoms with E-state index in [0.717, 1.165) is 25.9 Å². The molecule has 0 spiro atoms. The van der Waals surface area contributed by atoms with Gasteiger partial charge in [0, 0.05) is 13.7 Å². The highest BCUT2D eigenvalue weighted by Gasteiger charge is 2.39. The molecule has 0 aromatic heterocycles. The Morgan fingerprint density at radius 3 is 3.00 bits per heavy atom. The Labute approximate surface area is 95.3 Å². The number of ether oxygens (including phenoxy) is 2. The van der Waals surface area contributed by atoms with Gasteiger partial charge < -0.3 is 19.5 Å². The molecular weight excluding hydrogens is 210 g/mol. The lowest BCUT2D eigenvalue weighted by molar-refractivity contribution is -0.193. The first kappa shape index (κ1) is 11.8. The first-order chi connectivity index (χ1) is 7.72. The monoisotopic (exact) mass is 229 g/mol. The highest BCUT2D eigenvalue weighted by atomic mass is 16.7. The smallest absolute Gasteiger partial charge is 0.225 e. The van der Waals surface area contributed by atoms with Gasteiger partial charge in [-0.15, -0.1) is 0 Å². The van der Waals surface area contributed by atoms with Crippen LogP contribution in [0.3, 0.4) is 0 Å². The van der Waals surface area contributed by atoms with Crippen LogP contribution in [0.15, 0.2) is 0 Å². The molecule has 5 nitrogen and oxygen atoms in total. The van der Waals surface area contributed by atoms with Crippen molar-refractivity contribution in [2.45, 2.75) is 44.1 Å². The van der Waals surface area contributed by atoms with Crippen molar-refractivity contribution < 1.29 is 19.4 Å². The van der Waals surface area contributed by atoms with Crippen molar-refractivity contribution in [3.05, 3.63) is 0 Å². The van der Waals surface area contributed by atoms with Gasteiger partial charge in [0.1, 0.15) is 0 Å². The first-order valence-corrected chi connectivity index (χ1v) is 5.86. The number of aliphatic hydroxyl groups is 1. The number of amides is 1. The van der Waals surface area contributed by atoms with E-state index in [-0.39, 0.29) is 30.9 Å². The highest BCUT2D eigenvalue weighted by molar-refractivity contribution is 5.79. The topological polar surface area (TPSA) is 59.0 Å². The molecule has 5 heteroatoms. The molecule has 2 heterocycles. The molecule has 2 saturated heterocycles. The SMILES string of the molecule is CN1C(=O)C[C@@H](OC2CCCCO2)[C@H]1CO. The molecule has 2 fully saturated rings. The lowest BCUT2D eigenvalue weighted by atomic mass is 10.1. The number of nitrogens with zero attached hydrogens (tertiary/aromatic N) is 1. The third-order valence-corrected chi connectivity index (χ3v) is 3.35. The average Bonchev–Trinajstić information content (AvgIpc) is 2.56. The maximum absolute atomic E-state index is 11.5. The number of hydrogen-bond donors (Lipinski definition) is 1. The van der Waals surface area contributed by atoms with Gasteiger partial charge in [-0.25, -0.2) is 0 Å². The standard InChI is InChI=1S/C11H19NO4/c1-12-8(7-13)9(6-10(12)14)16-11-4-2-3-5-15-11/h8-9,11,13H,2-7H2,1H3/t8-,9-,11?/m1/s1. The largest absolute Gasteiger partial charge is 0.394 e. The van der Waals surface area contributed by atoms with Gasteiger partial charge in [0.05, 0.1) is 25.2 Å². The van der Waals surface area contributed by atoms with Crippen LogP contribution < -0.4 is 0 Å². The minimum Gasteiger partial charge on any atom is -0.394 e. The summed E-state index contributed by atoms with van der Waals surface area (Å²) in [6, 6.07) is -0.224. The summed E-state index contributed by atoms with van der Waals surface area (Å²) in [6.45, 7) is 0.671. The quantitative estimate of drug-likeness (QED) is 0.747. The van der Waals surface area contributed by atoms with Crippen molar-refractivity contribution in [3.63, 3.8) is 0 Å². The van der Waals surface area contributed by atoms with Crippen LogP contribution >= 0.6 is 0 Å². The molecule has 0 aliphatic carbocycles. The van der Waals surface area contributed by atoms with Crippen molar-refractivity contribution >= 4 is 5.91 Å². The number of carbonyl (C=O) groups is 1. The fraction of sp³-hybridized carbons (Fsp3) is 0.909. The van der Waals surface area contributed by atoms with Gasteiger partial charge in [0.2, 0.25) is 5.91 Å². The summed E-state index contributed by atoms with van der Waals surface area (Å²) < 4.78 is 11.2. The summed E-state index contributed by atoms with van der Waals surface area (Å²) in [5.41, 5.74) is 0. The van der Waals surface area contributed by atoms with Gasteiger partial charge in [-0.3, -0.25) is 4.79 Å². The molecule has 2 aliphatic heterocycles. The van der Waals surface area contributed by atoms with E-state index in [1.807, 2.05) is 0 Å². The second-order valence-electron chi connectivity index (χ2n) is 4.43. The number of aliphatic hydroxyl groups excluding tert-OH is 1. The Morgan fingerprint density at radius 1 is 1.56 bits per heavy atom. The molecule has 3 atom stereocenters. The van der Waals surface area contributed by atoms with E-state index in [1.54, 1.807) is 11.9 Å². The average molecular weight is 229 g/mol. The van der Waals surface area contributed by atoms with E-state index in [2.05, 4.69) is 0 Å². The van der Waals surface area contributed by atoms with Gasteiger partial charge in [0.15, 0.2) is 6.29 Å². The van der Waals surface area contributed by atoms with E-state index >= 15 is 0 Å². The molecule has 0 bridgehead atoms. The predicted octanol–water partition coefficient (Wildman–Crippen LogP) is 0.121. The zero-order valence-corrected chi connectivity index (χ0v) is 9.59. The fourth-order valence-corrected chi connectivity index (χ4v) is 2.28. The van der Waals surface area contributed by atoms with Crippen LogP contribution in [0.2, 0.25) is 0 Å². The molecule has 1 unspecified atom stereocenters. The Bertz CT molecular complexity index is 252. The maximum Gasteiger partial charge on any atom is 0.225 e. The maximum atomic E-state index is 11.5. The minimum atomic E-state index is -0.231. The summed E-state index contributed by atoms with van der Waals surface area (Å²) in [5, 5.41) is 9.24. The summed E-state index contributed by atoms with van der Waals surface area (Å²) in [6.07, 6.45) is 2.98. The molecule has 1 amide bonds. The first-order valence-electron chi connectivity index (χ1n) is 5.86. The second-order valence-corrected chi connectivity index (χ2v) is 4.43. The highest BCUT2D eigenvalue weighted by Crippen LogP contribution is 2.24. The van der Waals surface area contributed by atoms with E-state index in [9.17, 15) is 9.90 Å². The van der Waals surface area contributed by atoms with Crippen LogP contribution in [0.1, 0.15) is 25.7 Å². The van der Waals surface area contributed by atoms with Gasteiger partial charge in [-0.05, 0) is 19.3 Å². The van der Waals surface area contributed by atoms with Gasteiger partial charge in [0.25, 0.3) is 0 Å². The van der Waals surface area contributed by atoms with Crippen LogP contribution in [-0.2, 0) is 14.3 Å². The fourth-order valence-electron chi connectivity index (χ4n) is 2.28. The Balaban J connectivity index is 1.90. The number of rotatable bonds is 3. The zero-order valence-electron chi connectivity index (χ0n) is 9.59. The van der Waals surface area contributed by atoms with E-state index in [1.165, 1.54) is 0 Å². The summed E-state index contributed by atoms with van der Waals surface area (Å²) in [5.74, 6) is 0.0276. The molecule has 1 N–H and O–H groups in total. The third-order valence-electron chi connectivity index (χ3n) is 3.35. The molecule has 2 aliphatic rings. The summed E-state index contributed by atoms with van der Waals surface area (Å²) in [4.78, 5) is 13.1. The second kappa shape index (κ2) is 5.12. The van der Waals surface area contributed by atoms with Gasteiger partial charge in [-0.1, -0.05) is 0 Å². The normalized spacial score (nSPS) is 35.8. The molecular formula is C11H19NO4. The van der Waals surface area contributed by atoms with E-state index < -0.39 is 0 Å². The van der Waals surface area contributed by atoms with Crippen molar-refractivity contribution in [2.75, 3.05) is 20.3 Å². The Hall–Kier alpha value is -0.650. The van der Waals surface area contributed by atoms with Crippen LogP contribution in [0.5, 0.6) is 0 Å². The minimum absolute atomic E-state index is 0.0276. The van der Waals surface area contributed by atoms with Crippen LogP contribution in [-0.4, -0.2) is 54.6 Å². The molecule has 92 valence electrons. The number of carbonyl (C=O) groups excluding carboxylic acids is 1. The number of likely N-dealkylation sites (N-methyl/N-ethyl adjacent to an activating group) is 1. The third kappa shape index (κ3) is 2.36. The van der Waals surface area contributed by atoms with Crippen LogP contribution in [0, 0.1) is 0 Å². The molecule has 0 aromatic rings. The van der Waals surface area contributed by atoms with Crippen molar-refractivity contribution in [1.82, 2.24) is 4.90 Å². The van der Waals surface area contributed by atoms with Crippen LogP contribution in [0.25, 0.3) is 0 Å². The number of likely N-dealkylation sites (tertiary alicyclic amines) is 1. The van der Waals surface area contributed by atoms with Gasteiger partial charge in [-0.2, -0.15) is 0 Å². The molecule has 16 heavy (non-hydrogen) atoms. The van der Waals surface area contributed by atoms with Crippen molar-refractivity contribution in [2.24, 2.45) is 0 Å². The number of hydrogen-bond acceptors (Lipinski definition) is 4. The predicted molar refractivity (Wildman–Crippen MR) is 56.7 cm³/mol. The van der Waals surface area contributed by atoms with Crippen LogP contribution in [0.4, 0.5) is 0 Å². The Kier molecular flexibility index (Phi) is 3.78. The van der Waals surface area contributed by atoms with E-state index in [0.29, 0.717) is 6.42 Å². The van der Waals surface area contributed by atoms with E-state index in [4.69, 9.17) is 9.47 Å². The Morgan fingerprint density at radius 2 is 2.38 bits per heavy atom. The summed E-state index contributed by atoms with van der Waals surface area (Å²) >= 11 is 0. The molecule has 0 aromatic carbocycles.